The Morgan fingerprint density at radius 1 is 0.895 bits per heavy atom. The fourth-order valence-electron chi connectivity index (χ4n) is 2.54. The van der Waals surface area contributed by atoms with Gasteiger partial charge in [0.05, 0.1) is 13.2 Å². The third-order valence-electron chi connectivity index (χ3n) is 3.90. The van der Waals surface area contributed by atoms with E-state index in [0.29, 0.717) is 13.2 Å². The number of aliphatic hydroxyl groups excluding tert-OH is 1. The number of hydrogen-bond acceptors (Lipinski definition) is 3. The van der Waals surface area contributed by atoms with Crippen LogP contribution in [-0.2, 0) is 9.47 Å². The minimum absolute atomic E-state index is 0.411. The largest absolute Gasteiger partial charge is 0.388 e. The molecule has 1 fully saturated rings. The van der Waals surface area contributed by atoms with Crippen LogP contribution in [0.1, 0.15) is 78.1 Å². The maximum atomic E-state index is 9.32. The van der Waals surface area contributed by atoms with E-state index in [1.54, 1.807) is 0 Å². The lowest BCUT2D eigenvalue weighted by atomic mass is 10.0. The summed E-state index contributed by atoms with van der Waals surface area (Å²) < 4.78 is 11.2. The van der Waals surface area contributed by atoms with Crippen molar-refractivity contribution < 1.29 is 14.6 Å². The number of hydrogen-bond donors (Lipinski definition) is 1. The second-order valence-electron chi connectivity index (χ2n) is 5.99. The van der Waals surface area contributed by atoms with Crippen LogP contribution >= 0.6 is 0 Å². The van der Waals surface area contributed by atoms with Gasteiger partial charge < -0.3 is 14.6 Å². The summed E-state index contributed by atoms with van der Waals surface area (Å²) in [6, 6.07) is 0. The minimum atomic E-state index is -0.458. The molecule has 1 aliphatic rings. The molecule has 0 aliphatic carbocycles. The molecule has 0 atom stereocenters. The summed E-state index contributed by atoms with van der Waals surface area (Å²) in [4.78, 5) is 0. The SMILES string of the molecule is CCCCCCCCCCCC1(C)OCC(O)CO1. The fraction of sp³-hybridized carbons (Fsp3) is 1.00. The van der Waals surface area contributed by atoms with Crippen LogP contribution in [0.5, 0.6) is 0 Å². The molecule has 3 heteroatoms. The molecule has 19 heavy (non-hydrogen) atoms. The molecule has 0 bridgehead atoms. The first-order valence-corrected chi connectivity index (χ1v) is 8.12. The zero-order chi connectivity index (χ0) is 14.0. The maximum Gasteiger partial charge on any atom is 0.165 e. The normalized spacial score (nSPS) is 27.6. The Morgan fingerprint density at radius 2 is 1.37 bits per heavy atom. The van der Waals surface area contributed by atoms with Gasteiger partial charge in [-0.1, -0.05) is 58.3 Å². The number of rotatable bonds is 10. The molecular formula is C16H32O3. The van der Waals surface area contributed by atoms with Gasteiger partial charge in [0.15, 0.2) is 5.79 Å². The summed E-state index contributed by atoms with van der Waals surface area (Å²) in [6.45, 7) is 5.07. The molecule has 0 amide bonds. The Kier molecular flexibility index (Phi) is 8.67. The van der Waals surface area contributed by atoms with Gasteiger partial charge in [-0.3, -0.25) is 0 Å². The zero-order valence-electron chi connectivity index (χ0n) is 12.8. The van der Waals surface area contributed by atoms with E-state index >= 15 is 0 Å². The molecule has 0 radical (unpaired) electrons. The summed E-state index contributed by atoms with van der Waals surface area (Å²) in [5.41, 5.74) is 0. The molecule has 3 nitrogen and oxygen atoms in total. The average Bonchev–Trinajstić information content (AvgIpc) is 2.41. The highest BCUT2D eigenvalue weighted by Crippen LogP contribution is 2.25. The van der Waals surface area contributed by atoms with Crippen molar-refractivity contribution in [3.63, 3.8) is 0 Å². The summed E-state index contributed by atoms with van der Waals surface area (Å²) in [7, 11) is 0. The Labute approximate surface area is 118 Å². The molecule has 1 aliphatic heterocycles. The zero-order valence-corrected chi connectivity index (χ0v) is 12.8. The Bertz CT molecular complexity index is 210. The van der Waals surface area contributed by atoms with Crippen molar-refractivity contribution in [2.24, 2.45) is 0 Å². The van der Waals surface area contributed by atoms with Crippen molar-refractivity contribution in [1.82, 2.24) is 0 Å². The van der Waals surface area contributed by atoms with Crippen LogP contribution in [0.25, 0.3) is 0 Å². The van der Waals surface area contributed by atoms with Crippen LogP contribution in [0.4, 0.5) is 0 Å². The lowest BCUT2D eigenvalue weighted by Gasteiger charge is -2.36. The van der Waals surface area contributed by atoms with Crippen LogP contribution in [-0.4, -0.2) is 30.2 Å². The van der Waals surface area contributed by atoms with E-state index < -0.39 is 11.9 Å². The molecule has 114 valence electrons. The van der Waals surface area contributed by atoms with Crippen LogP contribution in [0.2, 0.25) is 0 Å². The second kappa shape index (κ2) is 9.73. The van der Waals surface area contributed by atoms with Crippen molar-refractivity contribution >= 4 is 0 Å². The first-order chi connectivity index (χ1) is 9.16. The van der Waals surface area contributed by atoms with Crippen LogP contribution in [0.15, 0.2) is 0 Å². The molecule has 0 aromatic rings. The van der Waals surface area contributed by atoms with Gasteiger partial charge in [-0.05, 0) is 13.3 Å². The van der Waals surface area contributed by atoms with Gasteiger partial charge in [0.2, 0.25) is 0 Å². The first kappa shape index (κ1) is 16.9. The lowest BCUT2D eigenvalue weighted by molar-refractivity contribution is -0.285. The van der Waals surface area contributed by atoms with Gasteiger partial charge in [-0.2, -0.15) is 0 Å². The lowest BCUT2D eigenvalue weighted by Crippen LogP contribution is -2.44. The Balaban J connectivity index is 1.90. The van der Waals surface area contributed by atoms with Crippen LogP contribution < -0.4 is 0 Å². The molecule has 0 spiro atoms. The van der Waals surface area contributed by atoms with E-state index in [1.807, 2.05) is 6.92 Å². The third kappa shape index (κ3) is 7.91. The monoisotopic (exact) mass is 272 g/mol. The number of ether oxygens (including phenoxy) is 2. The molecule has 1 heterocycles. The molecule has 1 N–H and O–H groups in total. The number of aliphatic hydroxyl groups is 1. The van der Waals surface area contributed by atoms with Crippen LogP contribution in [0.3, 0.4) is 0 Å². The topological polar surface area (TPSA) is 38.7 Å². The molecular weight excluding hydrogens is 240 g/mol. The van der Waals surface area contributed by atoms with Crippen molar-refractivity contribution in [2.75, 3.05) is 13.2 Å². The predicted molar refractivity (Wildman–Crippen MR) is 78.2 cm³/mol. The summed E-state index contributed by atoms with van der Waals surface area (Å²) in [5, 5.41) is 9.32. The van der Waals surface area contributed by atoms with Crippen molar-refractivity contribution in [1.29, 1.82) is 0 Å². The van der Waals surface area contributed by atoms with Gasteiger partial charge in [-0.15, -0.1) is 0 Å². The van der Waals surface area contributed by atoms with Crippen molar-refractivity contribution in [2.45, 2.75) is 89.9 Å². The minimum Gasteiger partial charge on any atom is -0.388 e. The van der Waals surface area contributed by atoms with E-state index in [4.69, 9.17) is 9.47 Å². The summed E-state index contributed by atoms with van der Waals surface area (Å²) in [6.07, 6.45) is 12.5. The smallest absolute Gasteiger partial charge is 0.165 e. The van der Waals surface area contributed by atoms with E-state index in [0.717, 1.165) is 12.8 Å². The second-order valence-corrected chi connectivity index (χ2v) is 5.99. The maximum absolute atomic E-state index is 9.32. The first-order valence-electron chi connectivity index (χ1n) is 8.12. The van der Waals surface area contributed by atoms with Gasteiger partial charge in [0, 0.05) is 6.42 Å². The standard InChI is InChI=1S/C16H32O3/c1-3-4-5-6-7-8-9-10-11-12-16(2)18-13-15(17)14-19-16/h15,17H,3-14H2,1-2H3. The quantitative estimate of drug-likeness (QED) is 0.610. The van der Waals surface area contributed by atoms with Crippen molar-refractivity contribution in [3.8, 4) is 0 Å². The summed E-state index contributed by atoms with van der Waals surface area (Å²) in [5.74, 6) is -0.458. The van der Waals surface area contributed by atoms with Gasteiger partial charge >= 0.3 is 0 Å². The molecule has 0 aromatic heterocycles. The summed E-state index contributed by atoms with van der Waals surface area (Å²) >= 11 is 0. The van der Waals surface area contributed by atoms with Crippen LogP contribution in [0, 0.1) is 0 Å². The Morgan fingerprint density at radius 3 is 1.89 bits per heavy atom. The van der Waals surface area contributed by atoms with E-state index in [-0.39, 0.29) is 0 Å². The predicted octanol–water partition coefficient (Wildman–Crippen LogP) is 4.03. The van der Waals surface area contributed by atoms with Gasteiger partial charge in [-0.25, -0.2) is 0 Å². The van der Waals surface area contributed by atoms with E-state index in [2.05, 4.69) is 6.92 Å². The van der Waals surface area contributed by atoms with Gasteiger partial charge in [0.1, 0.15) is 6.10 Å². The third-order valence-corrected chi connectivity index (χ3v) is 3.90. The van der Waals surface area contributed by atoms with E-state index in [9.17, 15) is 5.11 Å². The highest BCUT2D eigenvalue weighted by atomic mass is 16.7. The fourth-order valence-corrected chi connectivity index (χ4v) is 2.54. The number of unbranched alkanes of at least 4 members (excludes halogenated alkanes) is 8. The van der Waals surface area contributed by atoms with E-state index in [1.165, 1.54) is 51.4 Å². The molecule has 1 saturated heterocycles. The van der Waals surface area contributed by atoms with Crippen molar-refractivity contribution in [3.05, 3.63) is 0 Å². The molecule has 0 saturated carbocycles. The van der Waals surface area contributed by atoms with Gasteiger partial charge in [0.25, 0.3) is 0 Å². The highest BCUT2D eigenvalue weighted by molar-refractivity contribution is 4.70. The molecule has 0 unspecified atom stereocenters. The molecule has 1 rings (SSSR count). The highest BCUT2D eigenvalue weighted by Gasteiger charge is 2.31. The Hall–Kier alpha value is -0.120. The average molecular weight is 272 g/mol. The molecule has 0 aromatic carbocycles.